The molecule has 1 aromatic carbocycles. The quantitative estimate of drug-likeness (QED) is 0.829. The summed E-state index contributed by atoms with van der Waals surface area (Å²) in [6.07, 6.45) is 0. The normalized spacial score (nSPS) is 12.7. The number of rotatable bonds is 4. The van der Waals surface area contributed by atoms with Crippen molar-refractivity contribution < 1.29 is 8.81 Å². The fourth-order valence-electron chi connectivity index (χ4n) is 1.60. The van der Waals surface area contributed by atoms with Gasteiger partial charge in [0, 0.05) is 6.04 Å². The van der Waals surface area contributed by atoms with Crippen molar-refractivity contribution in [1.29, 1.82) is 0 Å². The van der Waals surface area contributed by atoms with Crippen molar-refractivity contribution in [3.05, 3.63) is 56.6 Å². The molecule has 0 radical (unpaired) electrons. The smallest absolute Gasteiger partial charge is 0.183 e. The zero-order chi connectivity index (χ0) is 13.1. The molecule has 2 aromatic rings. The van der Waals surface area contributed by atoms with Gasteiger partial charge in [-0.2, -0.15) is 0 Å². The van der Waals surface area contributed by atoms with E-state index in [-0.39, 0.29) is 11.9 Å². The standard InChI is InChI=1S/C13H12Br2FNO/c1-8(9-2-4-10(16)5-3-9)17-7-11-6-12(14)13(15)18-11/h2-6,8,17H,7H2,1H3/t8-/m1/s1. The van der Waals surface area contributed by atoms with Gasteiger partial charge < -0.3 is 9.73 Å². The van der Waals surface area contributed by atoms with Crippen LogP contribution in [0, 0.1) is 5.82 Å². The van der Waals surface area contributed by atoms with Gasteiger partial charge in [-0.1, -0.05) is 12.1 Å². The summed E-state index contributed by atoms with van der Waals surface area (Å²) in [6, 6.07) is 8.53. The third-order valence-electron chi connectivity index (χ3n) is 2.65. The molecule has 2 rings (SSSR count). The average Bonchev–Trinajstić information content (AvgIpc) is 2.67. The minimum atomic E-state index is -0.218. The van der Waals surface area contributed by atoms with Gasteiger partial charge in [0.15, 0.2) is 4.67 Å². The summed E-state index contributed by atoms with van der Waals surface area (Å²) in [4.78, 5) is 0. The van der Waals surface area contributed by atoms with Crippen LogP contribution in [0.15, 0.2) is 43.9 Å². The van der Waals surface area contributed by atoms with Crippen LogP contribution < -0.4 is 5.32 Å². The topological polar surface area (TPSA) is 25.2 Å². The number of benzene rings is 1. The van der Waals surface area contributed by atoms with E-state index < -0.39 is 0 Å². The van der Waals surface area contributed by atoms with Crippen LogP contribution in [0.5, 0.6) is 0 Å². The summed E-state index contributed by atoms with van der Waals surface area (Å²) in [5, 5.41) is 3.32. The second kappa shape index (κ2) is 5.99. The highest BCUT2D eigenvalue weighted by Gasteiger charge is 2.09. The van der Waals surface area contributed by atoms with E-state index in [1.807, 2.05) is 13.0 Å². The third-order valence-corrected chi connectivity index (χ3v) is 4.36. The Kier molecular flexibility index (Phi) is 4.59. The zero-order valence-corrected chi connectivity index (χ0v) is 12.9. The molecule has 18 heavy (non-hydrogen) atoms. The summed E-state index contributed by atoms with van der Waals surface area (Å²) in [5.74, 6) is 0.618. The minimum Gasteiger partial charge on any atom is -0.452 e. The van der Waals surface area contributed by atoms with Crippen LogP contribution in [0.4, 0.5) is 4.39 Å². The Bertz CT molecular complexity index is 505. The highest BCUT2D eigenvalue weighted by atomic mass is 79.9. The minimum absolute atomic E-state index is 0.133. The first-order chi connectivity index (χ1) is 8.56. The molecular formula is C13H12Br2FNO. The van der Waals surface area contributed by atoms with Crippen molar-refractivity contribution in [3.63, 3.8) is 0 Å². The average molecular weight is 377 g/mol. The predicted molar refractivity (Wildman–Crippen MR) is 75.8 cm³/mol. The number of nitrogens with one attached hydrogen (secondary N) is 1. The number of hydrogen-bond donors (Lipinski definition) is 1. The van der Waals surface area contributed by atoms with Gasteiger partial charge in [-0.05, 0) is 62.5 Å². The van der Waals surface area contributed by atoms with E-state index >= 15 is 0 Å². The number of halogens is 3. The van der Waals surface area contributed by atoms with E-state index in [2.05, 4.69) is 37.2 Å². The third kappa shape index (κ3) is 3.43. The Morgan fingerprint density at radius 1 is 1.28 bits per heavy atom. The van der Waals surface area contributed by atoms with Gasteiger partial charge >= 0.3 is 0 Å². The van der Waals surface area contributed by atoms with Gasteiger partial charge in [-0.25, -0.2) is 4.39 Å². The second-order valence-electron chi connectivity index (χ2n) is 3.99. The molecule has 96 valence electrons. The van der Waals surface area contributed by atoms with Crippen molar-refractivity contribution in [3.8, 4) is 0 Å². The van der Waals surface area contributed by atoms with Crippen LogP contribution in [-0.4, -0.2) is 0 Å². The van der Waals surface area contributed by atoms with E-state index in [9.17, 15) is 4.39 Å². The maximum atomic E-state index is 12.8. The Morgan fingerprint density at radius 3 is 2.50 bits per heavy atom. The van der Waals surface area contributed by atoms with Crippen LogP contribution in [-0.2, 0) is 6.54 Å². The van der Waals surface area contributed by atoms with Gasteiger partial charge in [0.2, 0.25) is 0 Å². The van der Waals surface area contributed by atoms with Crippen LogP contribution in [0.25, 0.3) is 0 Å². The fraction of sp³-hybridized carbons (Fsp3) is 0.231. The summed E-state index contributed by atoms with van der Waals surface area (Å²) in [6.45, 7) is 2.64. The summed E-state index contributed by atoms with van der Waals surface area (Å²) < 4.78 is 19.9. The summed E-state index contributed by atoms with van der Waals surface area (Å²) in [7, 11) is 0. The molecule has 1 aromatic heterocycles. The molecular weight excluding hydrogens is 365 g/mol. The van der Waals surface area contributed by atoms with E-state index in [0.717, 1.165) is 15.8 Å². The first-order valence-electron chi connectivity index (χ1n) is 5.49. The highest BCUT2D eigenvalue weighted by molar-refractivity contribution is 9.13. The first kappa shape index (κ1) is 13.8. The maximum Gasteiger partial charge on any atom is 0.183 e. The van der Waals surface area contributed by atoms with E-state index in [0.29, 0.717) is 11.2 Å². The van der Waals surface area contributed by atoms with Gasteiger partial charge in [0.05, 0.1) is 11.0 Å². The number of hydrogen-bond acceptors (Lipinski definition) is 2. The Hall–Kier alpha value is -0.650. The summed E-state index contributed by atoms with van der Waals surface area (Å²) in [5.41, 5.74) is 1.04. The second-order valence-corrected chi connectivity index (χ2v) is 5.56. The largest absolute Gasteiger partial charge is 0.452 e. The predicted octanol–water partition coefficient (Wildman–Crippen LogP) is 4.79. The van der Waals surface area contributed by atoms with Crippen molar-refractivity contribution in [1.82, 2.24) is 5.32 Å². The lowest BCUT2D eigenvalue weighted by Crippen LogP contribution is -2.17. The van der Waals surface area contributed by atoms with Crippen molar-refractivity contribution >= 4 is 31.9 Å². The molecule has 5 heteroatoms. The van der Waals surface area contributed by atoms with Crippen LogP contribution in [0.3, 0.4) is 0 Å². The summed E-state index contributed by atoms with van der Waals surface area (Å²) >= 11 is 6.66. The molecule has 0 unspecified atom stereocenters. The van der Waals surface area contributed by atoms with Gasteiger partial charge in [-0.3, -0.25) is 0 Å². The molecule has 0 bridgehead atoms. The molecule has 0 fully saturated rings. The molecule has 1 N–H and O–H groups in total. The molecule has 1 heterocycles. The highest BCUT2D eigenvalue weighted by Crippen LogP contribution is 2.27. The molecule has 0 aliphatic rings. The van der Waals surface area contributed by atoms with E-state index in [1.54, 1.807) is 12.1 Å². The molecule has 0 saturated carbocycles. The number of furan rings is 1. The molecule has 0 aliphatic heterocycles. The van der Waals surface area contributed by atoms with Gasteiger partial charge in [-0.15, -0.1) is 0 Å². The van der Waals surface area contributed by atoms with Crippen LogP contribution >= 0.6 is 31.9 Å². The molecule has 0 saturated heterocycles. The van der Waals surface area contributed by atoms with E-state index in [4.69, 9.17) is 4.42 Å². The van der Waals surface area contributed by atoms with Crippen LogP contribution in [0.2, 0.25) is 0 Å². The Morgan fingerprint density at radius 2 is 1.94 bits per heavy atom. The Balaban J connectivity index is 1.95. The molecule has 1 atom stereocenters. The van der Waals surface area contributed by atoms with Crippen molar-refractivity contribution in [2.75, 3.05) is 0 Å². The monoisotopic (exact) mass is 375 g/mol. The zero-order valence-electron chi connectivity index (χ0n) is 9.71. The molecule has 0 amide bonds. The lowest BCUT2D eigenvalue weighted by Gasteiger charge is -2.13. The lowest BCUT2D eigenvalue weighted by molar-refractivity contribution is 0.446. The molecule has 0 spiro atoms. The molecule has 2 nitrogen and oxygen atoms in total. The van der Waals surface area contributed by atoms with Crippen molar-refractivity contribution in [2.24, 2.45) is 0 Å². The van der Waals surface area contributed by atoms with Crippen LogP contribution in [0.1, 0.15) is 24.3 Å². The SMILES string of the molecule is C[C@@H](NCc1cc(Br)c(Br)o1)c1ccc(F)cc1. The van der Waals surface area contributed by atoms with E-state index in [1.165, 1.54) is 12.1 Å². The van der Waals surface area contributed by atoms with Gasteiger partial charge in [0.25, 0.3) is 0 Å². The van der Waals surface area contributed by atoms with Gasteiger partial charge in [0.1, 0.15) is 11.6 Å². The van der Waals surface area contributed by atoms with Crippen molar-refractivity contribution in [2.45, 2.75) is 19.5 Å². The molecule has 0 aliphatic carbocycles. The fourth-order valence-corrected chi connectivity index (χ4v) is 2.26. The first-order valence-corrected chi connectivity index (χ1v) is 7.07. The maximum absolute atomic E-state index is 12.8. The lowest BCUT2D eigenvalue weighted by atomic mass is 10.1. The Labute approximate surface area is 122 Å².